The molecule has 3 aromatic rings. The molecular formula is C24H25N3O5. The van der Waals surface area contributed by atoms with Crippen molar-refractivity contribution in [3.8, 4) is 17.6 Å². The average molecular weight is 435 g/mol. The lowest BCUT2D eigenvalue weighted by Crippen LogP contribution is -2.45. The van der Waals surface area contributed by atoms with Gasteiger partial charge in [-0.1, -0.05) is 19.9 Å². The summed E-state index contributed by atoms with van der Waals surface area (Å²) in [5.41, 5.74) is 2.08. The Hall–Kier alpha value is -3.99. The minimum Gasteiger partial charge on any atom is -0.497 e. The number of ether oxygens (including phenoxy) is 3. The molecule has 8 heteroatoms. The standard InChI is InChI=1S/C24H25N3O5/c1-15(2)22(26-23(28)16-9-18(30-3)11-19(10-16)31-4)24(29)32-14-17-13-27-8-6-5-7-21(27)20(17)12-25/h5-11,13,15,22H,14H2,1-4H3,(H,26,28)/t22-/m0/s1. The van der Waals surface area contributed by atoms with E-state index in [0.29, 0.717) is 28.2 Å². The zero-order chi connectivity index (χ0) is 23.3. The van der Waals surface area contributed by atoms with Crippen LogP contribution in [0.3, 0.4) is 0 Å². The van der Waals surface area contributed by atoms with Crippen molar-refractivity contribution < 1.29 is 23.8 Å². The Balaban J connectivity index is 1.74. The van der Waals surface area contributed by atoms with E-state index in [4.69, 9.17) is 14.2 Å². The van der Waals surface area contributed by atoms with E-state index in [1.54, 1.807) is 28.8 Å². The van der Waals surface area contributed by atoms with Crippen molar-refractivity contribution in [3.63, 3.8) is 0 Å². The molecule has 0 radical (unpaired) electrons. The van der Waals surface area contributed by atoms with E-state index < -0.39 is 17.9 Å². The molecule has 166 valence electrons. The zero-order valence-electron chi connectivity index (χ0n) is 18.4. The van der Waals surface area contributed by atoms with Crippen LogP contribution in [0.25, 0.3) is 5.52 Å². The molecular weight excluding hydrogens is 410 g/mol. The van der Waals surface area contributed by atoms with Gasteiger partial charge in [0.2, 0.25) is 0 Å². The second-order valence-electron chi connectivity index (χ2n) is 7.54. The second-order valence-corrected chi connectivity index (χ2v) is 7.54. The van der Waals surface area contributed by atoms with Gasteiger partial charge in [0.1, 0.15) is 30.2 Å². The molecule has 1 amide bonds. The van der Waals surface area contributed by atoms with Gasteiger partial charge >= 0.3 is 5.97 Å². The topological polar surface area (TPSA) is 102 Å². The SMILES string of the molecule is COc1cc(OC)cc(C(=O)N[C@H](C(=O)OCc2cn3ccccc3c2C#N)C(C)C)c1. The minimum atomic E-state index is -0.873. The minimum absolute atomic E-state index is 0.0739. The Morgan fingerprint density at radius 3 is 2.41 bits per heavy atom. The normalized spacial score (nSPS) is 11.6. The Bertz CT molecular complexity index is 1150. The highest BCUT2D eigenvalue weighted by Gasteiger charge is 2.27. The molecule has 0 aliphatic carbocycles. The highest BCUT2D eigenvalue weighted by Crippen LogP contribution is 2.23. The fraction of sp³-hybridized carbons (Fsp3) is 0.292. The summed E-state index contributed by atoms with van der Waals surface area (Å²) in [6.45, 7) is 3.55. The summed E-state index contributed by atoms with van der Waals surface area (Å²) >= 11 is 0. The number of nitrogens with one attached hydrogen (secondary N) is 1. The van der Waals surface area contributed by atoms with Crippen molar-refractivity contribution >= 4 is 17.4 Å². The summed E-state index contributed by atoms with van der Waals surface area (Å²) in [5.74, 6) is -0.332. The molecule has 0 unspecified atom stereocenters. The number of hydrogen-bond donors (Lipinski definition) is 1. The van der Waals surface area contributed by atoms with Crippen LogP contribution in [0.1, 0.15) is 35.3 Å². The lowest BCUT2D eigenvalue weighted by Gasteiger charge is -2.21. The molecule has 32 heavy (non-hydrogen) atoms. The van der Waals surface area contributed by atoms with E-state index in [1.807, 2.05) is 38.2 Å². The second kappa shape index (κ2) is 9.88. The van der Waals surface area contributed by atoms with Crippen LogP contribution in [0, 0.1) is 17.2 Å². The van der Waals surface area contributed by atoms with E-state index >= 15 is 0 Å². The lowest BCUT2D eigenvalue weighted by atomic mass is 10.0. The number of aromatic nitrogens is 1. The van der Waals surface area contributed by atoms with Gasteiger partial charge in [-0.05, 0) is 30.2 Å². The van der Waals surface area contributed by atoms with Gasteiger partial charge < -0.3 is 23.9 Å². The maximum Gasteiger partial charge on any atom is 0.329 e. The fourth-order valence-corrected chi connectivity index (χ4v) is 3.32. The van der Waals surface area contributed by atoms with Crippen molar-refractivity contribution in [2.45, 2.75) is 26.5 Å². The summed E-state index contributed by atoms with van der Waals surface area (Å²) in [5, 5.41) is 12.2. The predicted molar refractivity (Wildman–Crippen MR) is 118 cm³/mol. The van der Waals surface area contributed by atoms with Gasteiger partial charge in [-0.3, -0.25) is 4.79 Å². The van der Waals surface area contributed by atoms with Crippen molar-refractivity contribution in [2.75, 3.05) is 14.2 Å². The molecule has 0 spiro atoms. The molecule has 0 saturated carbocycles. The third-order valence-electron chi connectivity index (χ3n) is 5.06. The smallest absolute Gasteiger partial charge is 0.329 e. The monoisotopic (exact) mass is 435 g/mol. The van der Waals surface area contributed by atoms with Gasteiger partial charge in [-0.25, -0.2) is 4.79 Å². The summed E-state index contributed by atoms with van der Waals surface area (Å²) in [4.78, 5) is 25.6. The van der Waals surface area contributed by atoms with Crippen molar-refractivity contribution in [1.29, 1.82) is 5.26 Å². The van der Waals surface area contributed by atoms with Crippen LogP contribution in [-0.2, 0) is 16.1 Å². The third-order valence-corrected chi connectivity index (χ3v) is 5.06. The average Bonchev–Trinajstić information content (AvgIpc) is 3.17. The maximum absolute atomic E-state index is 12.8. The van der Waals surface area contributed by atoms with Crippen LogP contribution < -0.4 is 14.8 Å². The summed E-state index contributed by atoms with van der Waals surface area (Å²) in [6.07, 6.45) is 3.58. The first-order valence-corrected chi connectivity index (χ1v) is 10.1. The molecule has 2 aromatic heterocycles. The van der Waals surface area contributed by atoms with Gasteiger partial charge in [0.25, 0.3) is 5.91 Å². The van der Waals surface area contributed by atoms with E-state index in [0.717, 1.165) is 5.52 Å². The first kappa shape index (κ1) is 22.7. The first-order valence-electron chi connectivity index (χ1n) is 10.1. The zero-order valence-corrected chi connectivity index (χ0v) is 18.4. The molecule has 1 aromatic carbocycles. The number of carbonyl (C=O) groups is 2. The highest BCUT2D eigenvalue weighted by molar-refractivity contribution is 5.97. The number of carbonyl (C=O) groups excluding carboxylic acids is 2. The van der Waals surface area contributed by atoms with Crippen molar-refractivity contribution in [1.82, 2.24) is 9.72 Å². The number of nitrogens with zero attached hydrogens (tertiary/aromatic N) is 2. The number of methoxy groups -OCH3 is 2. The predicted octanol–water partition coefficient (Wildman–Crippen LogP) is 3.33. The summed E-state index contributed by atoms with van der Waals surface area (Å²) in [7, 11) is 2.98. The van der Waals surface area contributed by atoms with Crippen LogP contribution in [-0.4, -0.2) is 36.5 Å². The third kappa shape index (κ3) is 4.83. The summed E-state index contributed by atoms with van der Waals surface area (Å²) < 4.78 is 17.7. The number of nitriles is 1. The van der Waals surface area contributed by atoms with Crippen molar-refractivity contribution in [2.24, 2.45) is 5.92 Å². The fourth-order valence-electron chi connectivity index (χ4n) is 3.32. The molecule has 0 aliphatic rings. The van der Waals surface area contributed by atoms with Gasteiger partial charge in [0.05, 0.1) is 25.3 Å². The number of hydrogen-bond acceptors (Lipinski definition) is 6. The molecule has 3 rings (SSSR count). The number of pyridine rings is 1. The number of benzene rings is 1. The Kier molecular flexibility index (Phi) is 7.00. The molecule has 0 bridgehead atoms. The van der Waals surface area contributed by atoms with E-state index in [-0.39, 0.29) is 12.5 Å². The van der Waals surface area contributed by atoms with Crippen LogP contribution in [0.4, 0.5) is 0 Å². The molecule has 1 N–H and O–H groups in total. The largest absolute Gasteiger partial charge is 0.497 e. The molecule has 0 fully saturated rings. The van der Waals surface area contributed by atoms with Crippen LogP contribution in [0.15, 0.2) is 48.8 Å². The molecule has 0 saturated heterocycles. The van der Waals surface area contributed by atoms with Gasteiger partial charge in [-0.15, -0.1) is 0 Å². The maximum atomic E-state index is 12.8. The number of esters is 1. The Labute approximate surface area is 186 Å². The van der Waals surface area contributed by atoms with Gasteiger partial charge in [-0.2, -0.15) is 5.26 Å². The Morgan fingerprint density at radius 2 is 1.81 bits per heavy atom. The number of amides is 1. The molecule has 2 heterocycles. The van der Waals surface area contributed by atoms with Crippen LogP contribution in [0.5, 0.6) is 11.5 Å². The van der Waals surface area contributed by atoms with E-state index in [9.17, 15) is 14.9 Å². The molecule has 0 aliphatic heterocycles. The number of fused-ring (bicyclic) bond motifs is 1. The van der Waals surface area contributed by atoms with Gasteiger partial charge in [0.15, 0.2) is 0 Å². The lowest BCUT2D eigenvalue weighted by molar-refractivity contribution is -0.148. The van der Waals surface area contributed by atoms with Crippen LogP contribution >= 0.6 is 0 Å². The number of rotatable bonds is 8. The Morgan fingerprint density at radius 1 is 1.12 bits per heavy atom. The highest BCUT2D eigenvalue weighted by atomic mass is 16.5. The van der Waals surface area contributed by atoms with E-state index in [1.165, 1.54) is 14.2 Å². The van der Waals surface area contributed by atoms with Crippen LogP contribution in [0.2, 0.25) is 0 Å². The first-order chi connectivity index (χ1) is 15.4. The van der Waals surface area contributed by atoms with Gasteiger partial charge in [0, 0.05) is 29.6 Å². The summed E-state index contributed by atoms with van der Waals surface area (Å²) in [6, 6.07) is 11.6. The van der Waals surface area contributed by atoms with Crippen molar-refractivity contribution in [3.05, 3.63) is 65.5 Å². The van der Waals surface area contributed by atoms with E-state index in [2.05, 4.69) is 11.4 Å². The molecule has 8 nitrogen and oxygen atoms in total. The quantitative estimate of drug-likeness (QED) is 0.545. The molecule has 1 atom stereocenters.